The Hall–Kier alpha value is -2.48. The molecule has 1 N–H and O–H groups in total. The van der Waals surface area contributed by atoms with Crippen molar-refractivity contribution in [3.8, 4) is 5.69 Å². The van der Waals surface area contributed by atoms with Crippen LogP contribution in [0.15, 0.2) is 24.3 Å². The standard InChI is InChI=1S/C24H30FN5OS/c1-16-21-22(30(28-16)20-12-6-9-18(25)14-20)27-24(32-21)29-13-7-8-17(15-29)23(31)26-19-10-4-2-3-5-11-19/h6,9,12,14,17,19H,2-5,7-8,10-11,13,15H2,1H3,(H,26,31)/t17-/m1/s1. The molecule has 0 radical (unpaired) electrons. The van der Waals surface area contributed by atoms with E-state index in [0.29, 0.717) is 18.3 Å². The smallest absolute Gasteiger partial charge is 0.225 e. The van der Waals surface area contributed by atoms with Gasteiger partial charge in [0.1, 0.15) is 5.82 Å². The predicted octanol–water partition coefficient (Wildman–Crippen LogP) is 4.98. The number of benzene rings is 1. The van der Waals surface area contributed by atoms with Crippen LogP contribution in [0.25, 0.3) is 16.0 Å². The molecule has 3 aromatic rings. The van der Waals surface area contributed by atoms with Gasteiger partial charge in [0.25, 0.3) is 0 Å². The van der Waals surface area contributed by atoms with Gasteiger partial charge in [0.2, 0.25) is 5.91 Å². The maximum Gasteiger partial charge on any atom is 0.225 e. The van der Waals surface area contributed by atoms with Crippen LogP contribution in [0.2, 0.25) is 0 Å². The van der Waals surface area contributed by atoms with Crippen LogP contribution in [0.1, 0.15) is 57.1 Å². The summed E-state index contributed by atoms with van der Waals surface area (Å²) in [6.07, 6.45) is 9.13. The molecule has 1 atom stereocenters. The van der Waals surface area contributed by atoms with Crippen LogP contribution in [0.5, 0.6) is 0 Å². The van der Waals surface area contributed by atoms with E-state index < -0.39 is 0 Å². The summed E-state index contributed by atoms with van der Waals surface area (Å²) in [6.45, 7) is 3.55. The van der Waals surface area contributed by atoms with Crippen molar-refractivity contribution in [2.75, 3.05) is 18.0 Å². The number of hydrogen-bond acceptors (Lipinski definition) is 5. The van der Waals surface area contributed by atoms with Crippen molar-refractivity contribution in [3.05, 3.63) is 35.8 Å². The normalized spacial score (nSPS) is 20.4. The van der Waals surface area contributed by atoms with Crippen LogP contribution in [0.4, 0.5) is 9.52 Å². The Labute approximate surface area is 191 Å². The van der Waals surface area contributed by atoms with Crippen LogP contribution in [0.3, 0.4) is 0 Å². The quantitative estimate of drug-likeness (QED) is 0.563. The van der Waals surface area contributed by atoms with Gasteiger partial charge in [-0.3, -0.25) is 4.79 Å². The Bertz CT molecular complexity index is 1100. The number of nitrogens with one attached hydrogen (secondary N) is 1. The molecule has 1 aliphatic heterocycles. The third-order valence-corrected chi connectivity index (χ3v) is 7.91. The van der Waals surface area contributed by atoms with E-state index in [9.17, 15) is 9.18 Å². The molecule has 0 spiro atoms. The first kappa shape index (κ1) is 21.4. The summed E-state index contributed by atoms with van der Waals surface area (Å²) in [4.78, 5) is 20.1. The van der Waals surface area contributed by atoms with Gasteiger partial charge in [0, 0.05) is 19.1 Å². The van der Waals surface area contributed by atoms with E-state index in [4.69, 9.17) is 4.98 Å². The van der Waals surface area contributed by atoms with Gasteiger partial charge < -0.3 is 10.2 Å². The maximum absolute atomic E-state index is 13.8. The van der Waals surface area contributed by atoms with Crippen LogP contribution in [-0.2, 0) is 4.79 Å². The zero-order valence-electron chi connectivity index (χ0n) is 18.5. The number of piperidine rings is 1. The van der Waals surface area contributed by atoms with E-state index in [1.54, 1.807) is 22.1 Å². The first-order chi connectivity index (χ1) is 15.6. The molecule has 5 rings (SSSR count). The third kappa shape index (κ3) is 4.37. The zero-order valence-corrected chi connectivity index (χ0v) is 19.3. The lowest BCUT2D eigenvalue weighted by Gasteiger charge is -2.32. The number of nitrogens with zero attached hydrogens (tertiary/aromatic N) is 4. The Morgan fingerprint density at radius 3 is 2.75 bits per heavy atom. The van der Waals surface area contributed by atoms with Crippen molar-refractivity contribution in [1.29, 1.82) is 0 Å². The number of hydrogen-bond donors (Lipinski definition) is 1. The number of rotatable bonds is 4. The van der Waals surface area contributed by atoms with Gasteiger partial charge in [0.15, 0.2) is 10.8 Å². The van der Waals surface area contributed by atoms with Crippen molar-refractivity contribution in [1.82, 2.24) is 20.1 Å². The van der Waals surface area contributed by atoms with Gasteiger partial charge in [-0.2, -0.15) is 10.1 Å². The summed E-state index contributed by atoms with van der Waals surface area (Å²) in [7, 11) is 0. The van der Waals surface area contributed by atoms with Crippen molar-refractivity contribution in [2.24, 2.45) is 5.92 Å². The second-order valence-corrected chi connectivity index (χ2v) is 10.1. The van der Waals surface area contributed by atoms with Crippen molar-refractivity contribution in [2.45, 2.75) is 64.3 Å². The molecule has 1 aliphatic carbocycles. The average molecular weight is 456 g/mol. The highest BCUT2D eigenvalue weighted by atomic mass is 32.1. The molecule has 6 nitrogen and oxygen atoms in total. The third-order valence-electron chi connectivity index (χ3n) is 6.69. The Kier molecular flexibility index (Phi) is 6.13. The van der Waals surface area contributed by atoms with E-state index in [-0.39, 0.29) is 17.6 Å². The van der Waals surface area contributed by atoms with Gasteiger partial charge in [-0.05, 0) is 50.8 Å². The molecular formula is C24H30FN5OS. The molecule has 2 aliphatic rings. The molecule has 2 aromatic heterocycles. The van der Waals surface area contributed by atoms with E-state index in [1.807, 2.05) is 13.0 Å². The van der Waals surface area contributed by atoms with E-state index in [0.717, 1.165) is 53.4 Å². The van der Waals surface area contributed by atoms with Crippen LogP contribution < -0.4 is 10.2 Å². The fraction of sp³-hybridized carbons (Fsp3) is 0.542. The molecular weight excluding hydrogens is 425 g/mol. The number of carbonyl (C=O) groups excluding carboxylic acids is 1. The summed E-state index contributed by atoms with van der Waals surface area (Å²) in [5, 5.41) is 8.83. The van der Waals surface area contributed by atoms with Gasteiger partial charge >= 0.3 is 0 Å². The second-order valence-electron chi connectivity index (χ2n) is 9.11. The molecule has 32 heavy (non-hydrogen) atoms. The van der Waals surface area contributed by atoms with Gasteiger partial charge in [0.05, 0.1) is 22.0 Å². The zero-order chi connectivity index (χ0) is 22.1. The first-order valence-corrected chi connectivity index (χ1v) is 12.6. The first-order valence-electron chi connectivity index (χ1n) is 11.8. The predicted molar refractivity (Wildman–Crippen MR) is 126 cm³/mol. The summed E-state index contributed by atoms with van der Waals surface area (Å²) < 4.78 is 16.5. The number of halogens is 1. The summed E-state index contributed by atoms with van der Waals surface area (Å²) in [5.74, 6) is -0.0949. The number of aromatic nitrogens is 3. The summed E-state index contributed by atoms with van der Waals surface area (Å²) in [5.41, 5.74) is 2.30. The maximum atomic E-state index is 13.8. The lowest BCUT2D eigenvalue weighted by atomic mass is 9.96. The summed E-state index contributed by atoms with van der Waals surface area (Å²) >= 11 is 1.61. The molecule has 3 heterocycles. The van der Waals surface area contributed by atoms with Crippen LogP contribution in [0, 0.1) is 18.7 Å². The fourth-order valence-corrected chi connectivity index (χ4v) is 5.98. The van der Waals surface area contributed by atoms with Crippen molar-refractivity contribution < 1.29 is 9.18 Å². The van der Waals surface area contributed by atoms with Crippen LogP contribution >= 0.6 is 11.3 Å². The number of thiazole rings is 1. The largest absolute Gasteiger partial charge is 0.353 e. The van der Waals surface area contributed by atoms with Gasteiger partial charge in [-0.25, -0.2) is 9.07 Å². The molecule has 1 amide bonds. The highest BCUT2D eigenvalue weighted by molar-refractivity contribution is 7.22. The van der Waals surface area contributed by atoms with Gasteiger partial charge in [-0.15, -0.1) is 0 Å². The van der Waals surface area contributed by atoms with E-state index in [1.165, 1.54) is 37.8 Å². The highest BCUT2D eigenvalue weighted by Gasteiger charge is 2.29. The number of fused-ring (bicyclic) bond motifs is 1. The lowest BCUT2D eigenvalue weighted by molar-refractivity contribution is -0.126. The molecule has 0 bridgehead atoms. The molecule has 0 unspecified atom stereocenters. The van der Waals surface area contributed by atoms with Crippen molar-refractivity contribution >= 4 is 32.7 Å². The van der Waals surface area contributed by atoms with Crippen LogP contribution in [-0.4, -0.2) is 39.8 Å². The Morgan fingerprint density at radius 1 is 1.16 bits per heavy atom. The SMILES string of the molecule is Cc1nn(-c2cccc(F)c2)c2nc(N3CCC[C@@H](C(=O)NC4CCCCCC4)C3)sc12. The molecule has 1 saturated heterocycles. The van der Waals surface area contributed by atoms with Gasteiger partial charge in [-0.1, -0.05) is 43.1 Å². The Morgan fingerprint density at radius 2 is 1.97 bits per heavy atom. The van der Waals surface area contributed by atoms with E-state index >= 15 is 0 Å². The molecule has 1 aromatic carbocycles. The Balaban J connectivity index is 1.33. The molecule has 8 heteroatoms. The average Bonchev–Trinajstić information content (AvgIpc) is 3.25. The monoisotopic (exact) mass is 455 g/mol. The minimum Gasteiger partial charge on any atom is -0.353 e. The molecule has 2 fully saturated rings. The number of amides is 1. The molecule has 1 saturated carbocycles. The topological polar surface area (TPSA) is 63.1 Å². The minimum atomic E-state index is -0.294. The van der Waals surface area contributed by atoms with Crippen molar-refractivity contribution in [3.63, 3.8) is 0 Å². The molecule has 170 valence electrons. The van der Waals surface area contributed by atoms with E-state index in [2.05, 4.69) is 15.3 Å². The number of aryl methyl sites for hydroxylation is 1. The number of carbonyl (C=O) groups is 1. The highest BCUT2D eigenvalue weighted by Crippen LogP contribution is 2.34. The summed E-state index contributed by atoms with van der Waals surface area (Å²) in [6, 6.07) is 6.76. The second kappa shape index (κ2) is 9.17. The number of anilines is 1. The minimum absolute atomic E-state index is 0.000157. The fourth-order valence-electron chi connectivity index (χ4n) is 4.95. The lowest BCUT2D eigenvalue weighted by Crippen LogP contribution is -2.46.